The maximum Gasteiger partial charge on any atom is 0.418 e. The number of pyridine rings is 1. The summed E-state index contributed by atoms with van der Waals surface area (Å²) in [6.07, 6.45) is -2.78. The smallest absolute Gasteiger partial charge is 0.418 e. The highest BCUT2D eigenvalue weighted by atomic mass is 28.3. The van der Waals surface area contributed by atoms with Crippen LogP contribution in [0.4, 0.5) is 32.4 Å². The molecule has 0 aliphatic carbocycles. The molecule has 1 aliphatic rings. The molecule has 9 nitrogen and oxygen atoms in total. The Bertz CT molecular complexity index is 1400. The molecule has 1 saturated heterocycles. The second-order valence-electron chi connectivity index (χ2n) is 11.6. The molecule has 0 radical (unpaired) electrons. The minimum absolute atomic E-state index is 0.111. The van der Waals surface area contributed by atoms with Gasteiger partial charge in [0.25, 0.3) is 0 Å². The number of amides is 2. The monoisotopic (exact) mass is 629 g/mol. The summed E-state index contributed by atoms with van der Waals surface area (Å²) in [5.74, 6) is -3.80. The number of halogens is 5. The van der Waals surface area contributed by atoms with Crippen molar-refractivity contribution in [3.05, 3.63) is 47.8 Å². The number of aromatic nitrogens is 2. The number of nitrogens with zero attached hydrogens (tertiary/aromatic N) is 3. The second-order valence-corrected chi connectivity index (χ2v) is 17.3. The van der Waals surface area contributed by atoms with Gasteiger partial charge in [0.1, 0.15) is 18.1 Å². The molecule has 2 aromatic heterocycles. The molecule has 1 aliphatic heterocycles. The zero-order valence-electron chi connectivity index (χ0n) is 24.5. The van der Waals surface area contributed by atoms with E-state index in [1.165, 1.54) is 10.8 Å². The molecule has 3 aromatic rings. The van der Waals surface area contributed by atoms with Crippen LogP contribution in [0.3, 0.4) is 0 Å². The summed E-state index contributed by atoms with van der Waals surface area (Å²) in [4.78, 5) is 18.6. The van der Waals surface area contributed by atoms with E-state index in [4.69, 9.17) is 14.2 Å². The van der Waals surface area contributed by atoms with Crippen LogP contribution in [0.1, 0.15) is 12.5 Å². The third-order valence-corrected chi connectivity index (χ3v) is 8.44. The number of nitrogens with one attached hydrogen (secondary N) is 2. The molecular weight excluding hydrogens is 593 g/mol. The first-order valence-electron chi connectivity index (χ1n) is 13.9. The zero-order valence-corrected chi connectivity index (χ0v) is 25.5. The Hall–Kier alpha value is -3.27. The van der Waals surface area contributed by atoms with Crippen molar-refractivity contribution in [1.29, 1.82) is 0 Å². The van der Waals surface area contributed by atoms with Crippen molar-refractivity contribution < 1.29 is 41.0 Å². The fourth-order valence-corrected chi connectivity index (χ4v) is 5.33. The summed E-state index contributed by atoms with van der Waals surface area (Å²) in [6.45, 7) is 11.7. The van der Waals surface area contributed by atoms with Gasteiger partial charge in [-0.05, 0) is 19.0 Å². The minimum atomic E-state index is -4.81. The predicted octanol–water partition coefficient (Wildman–Crippen LogP) is 6.28. The summed E-state index contributed by atoms with van der Waals surface area (Å²) < 4.78 is 89.6. The topological polar surface area (TPSA) is 89.9 Å². The number of hydrogen-bond acceptors (Lipinski definition) is 6. The van der Waals surface area contributed by atoms with Gasteiger partial charge in [-0.15, -0.1) is 0 Å². The first-order chi connectivity index (χ1) is 20.2. The molecule has 1 unspecified atom stereocenters. The van der Waals surface area contributed by atoms with Crippen molar-refractivity contribution in [3.8, 4) is 11.5 Å². The zero-order chi connectivity index (χ0) is 31.4. The third kappa shape index (κ3) is 8.87. The Morgan fingerprint density at radius 1 is 1.16 bits per heavy atom. The van der Waals surface area contributed by atoms with Gasteiger partial charge in [0.05, 0.1) is 24.2 Å². The van der Waals surface area contributed by atoms with E-state index in [1.54, 1.807) is 6.92 Å². The van der Waals surface area contributed by atoms with Crippen LogP contribution in [-0.2, 0) is 22.4 Å². The van der Waals surface area contributed by atoms with Crippen LogP contribution in [0.15, 0.2) is 30.6 Å². The fraction of sp³-hybridized carbons (Fsp3) is 0.500. The van der Waals surface area contributed by atoms with Gasteiger partial charge >= 0.3 is 12.2 Å². The maximum atomic E-state index is 15.0. The van der Waals surface area contributed by atoms with Gasteiger partial charge in [0.15, 0.2) is 17.4 Å². The molecule has 4 rings (SSSR count). The van der Waals surface area contributed by atoms with Gasteiger partial charge in [-0.25, -0.2) is 18.6 Å². The van der Waals surface area contributed by atoms with E-state index in [1.807, 2.05) is 0 Å². The Balaban J connectivity index is 1.50. The van der Waals surface area contributed by atoms with E-state index in [0.29, 0.717) is 26.4 Å². The number of hydrogen-bond donors (Lipinski definition) is 2. The predicted molar refractivity (Wildman–Crippen MR) is 154 cm³/mol. The second kappa shape index (κ2) is 13.6. The Morgan fingerprint density at radius 2 is 1.84 bits per heavy atom. The number of ether oxygens (including phenoxy) is 3. The van der Waals surface area contributed by atoms with E-state index >= 15 is 8.78 Å². The SMILES string of the molecule is CC(CN1CCOCC1)NC(=O)Nc1cc(F)c(Oc2ccnc3c2c(C(F)(F)F)cn3COCC[Si](C)(C)C)c(F)c1. The fourth-order valence-electron chi connectivity index (χ4n) is 4.57. The summed E-state index contributed by atoms with van der Waals surface area (Å²) in [5.41, 5.74) is -1.39. The van der Waals surface area contributed by atoms with Gasteiger partial charge in [-0.1, -0.05) is 19.6 Å². The molecule has 1 atom stereocenters. The van der Waals surface area contributed by atoms with E-state index in [2.05, 4.69) is 40.2 Å². The average molecular weight is 630 g/mol. The maximum absolute atomic E-state index is 15.0. The lowest BCUT2D eigenvalue weighted by Crippen LogP contribution is -2.47. The molecule has 2 amide bonds. The molecular formula is C28H36F5N5O4Si. The van der Waals surface area contributed by atoms with Crippen LogP contribution in [0, 0.1) is 11.6 Å². The van der Waals surface area contributed by atoms with Gasteiger partial charge < -0.3 is 29.4 Å². The third-order valence-electron chi connectivity index (χ3n) is 6.73. The van der Waals surface area contributed by atoms with Crippen LogP contribution in [0.2, 0.25) is 25.7 Å². The van der Waals surface area contributed by atoms with Crippen LogP contribution >= 0.6 is 0 Å². The molecule has 0 bridgehead atoms. The highest BCUT2D eigenvalue weighted by molar-refractivity contribution is 6.76. The highest BCUT2D eigenvalue weighted by Crippen LogP contribution is 2.42. The number of alkyl halides is 3. The van der Waals surface area contributed by atoms with Crippen molar-refractivity contribution in [1.82, 2.24) is 19.8 Å². The lowest BCUT2D eigenvalue weighted by atomic mass is 10.2. The molecule has 43 heavy (non-hydrogen) atoms. The Morgan fingerprint density at radius 3 is 2.47 bits per heavy atom. The van der Waals surface area contributed by atoms with Crippen LogP contribution in [0.5, 0.6) is 11.5 Å². The minimum Gasteiger partial charge on any atom is -0.450 e. The lowest BCUT2D eigenvalue weighted by molar-refractivity contribution is -0.136. The number of benzene rings is 1. The van der Waals surface area contributed by atoms with Crippen molar-refractivity contribution in [2.45, 2.75) is 51.6 Å². The first-order valence-corrected chi connectivity index (χ1v) is 17.6. The van der Waals surface area contributed by atoms with Crippen LogP contribution < -0.4 is 15.4 Å². The Kier molecular flexibility index (Phi) is 10.3. The number of rotatable bonds is 11. The molecule has 1 fully saturated rings. The van der Waals surface area contributed by atoms with E-state index in [-0.39, 0.29) is 24.1 Å². The standard InChI is InChI=1S/C28H36F5N5O4Si/c1-18(15-37-7-9-40-10-8-37)35-27(39)36-19-13-21(29)25(22(30)14-19)42-23-5-6-34-26-24(23)20(28(31,32)33)16-38(26)17-41-11-12-43(2,3)4/h5-6,13-14,16,18H,7-12,15,17H2,1-4H3,(H2,35,36,39). The van der Waals surface area contributed by atoms with E-state index in [9.17, 15) is 18.0 Å². The summed E-state index contributed by atoms with van der Waals surface area (Å²) in [7, 11) is -1.42. The van der Waals surface area contributed by atoms with Gasteiger partial charge in [0.2, 0.25) is 0 Å². The normalized spacial score (nSPS) is 15.5. The first kappa shape index (κ1) is 32.6. The van der Waals surface area contributed by atoms with Gasteiger partial charge in [0, 0.05) is 70.6 Å². The van der Waals surface area contributed by atoms with Crippen molar-refractivity contribution in [2.24, 2.45) is 0 Å². The Labute approximate surface area is 247 Å². The summed E-state index contributed by atoms with van der Waals surface area (Å²) >= 11 is 0. The number of morpholine rings is 1. The molecule has 3 heterocycles. The largest absolute Gasteiger partial charge is 0.450 e. The average Bonchev–Trinajstić information content (AvgIpc) is 3.29. The lowest BCUT2D eigenvalue weighted by Gasteiger charge is -2.29. The van der Waals surface area contributed by atoms with Crippen LogP contribution in [0.25, 0.3) is 11.0 Å². The number of urea groups is 1. The van der Waals surface area contributed by atoms with Crippen molar-refractivity contribution in [2.75, 3.05) is 44.8 Å². The van der Waals surface area contributed by atoms with Crippen molar-refractivity contribution in [3.63, 3.8) is 0 Å². The van der Waals surface area contributed by atoms with Crippen molar-refractivity contribution >= 4 is 30.8 Å². The summed E-state index contributed by atoms with van der Waals surface area (Å²) in [6, 6.07) is 2.63. The highest BCUT2D eigenvalue weighted by Gasteiger charge is 2.37. The molecule has 0 spiro atoms. The van der Waals surface area contributed by atoms with Gasteiger partial charge in [-0.3, -0.25) is 4.90 Å². The van der Waals surface area contributed by atoms with E-state index < -0.39 is 54.4 Å². The molecule has 15 heteroatoms. The quantitative estimate of drug-likeness (QED) is 0.148. The number of carbonyl (C=O) groups excluding carboxylic acids is 1. The van der Waals surface area contributed by atoms with Crippen LogP contribution in [-0.4, -0.2) is 74.1 Å². The number of anilines is 1. The molecule has 1 aromatic carbocycles. The molecule has 0 saturated carbocycles. The number of carbonyl (C=O) groups is 1. The molecule has 2 N–H and O–H groups in total. The number of fused-ring (bicyclic) bond motifs is 1. The van der Waals surface area contributed by atoms with Gasteiger partial charge in [-0.2, -0.15) is 13.2 Å². The van der Waals surface area contributed by atoms with E-state index in [0.717, 1.165) is 43.5 Å². The molecule has 236 valence electrons. The summed E-state index contributed by atoms with van der Waals surface area (Å²) in [5, 5.41) is 4.62.